The minimum absolute atomic E-state index is 0.0708. The molecule has 1 heterocycles. The lowest BCUT2D eigenvalue weighted by molar-refractivity contribution is 0.425. The largest absolute Gasteiger partial charge is 0.488 e. The van der Waals surface area contributed by atoms with Gasteiger partial charge >= 0.3 is 7.12 Å². The predicted molar refractivity (Wildman–Crippen MR) is 57.7 cm³/mol. The van der Waals surface area contributed by atoms with Crippen molar-refractivity contribution in [2.75, 3.05) is 5.32 Å². The Morgan fingerprint density at radius 2 is 2.07 bits per heavy atom. The maximum absolute atomic E-state index is 9.02. The SMILES string of the molecule is CC1(C)Cc2cc(B(O)O)ccc2N1. The molecule has 0 unspecified atom stereocenters. The summed E-state index contributed by atoms with van der Waals surface area (Å²) in [5, 5.41) is 21.4. The van der Waals surface area contributed by atoms with Crippen LogP contribution in [-0.2, 0) is 6.42 Å². The highest BCUT2D eigenvalue weighted by Gasteiger charge is 2.28. The van der Waals surface area contributed by atoms with Gasteiger partial charge in [-0.1, -0.05) is 12.1 Å². The molecule has 2 rings (SSSR count). The van der Waals surface area contributed by atoms with Crippen molar-refractivity contribution >= 4 is 18.3 Å². The van der Waals surface area contributed by atoms with Crippen LogP contribution in [0.2, 0.25) is 0 Å². The summed E-state index contributed by atoms with van der Waals surface area (Å²) in [6.45, 7) is 4.25. The fourth-order valence-electron chi connectivity index (χ4n) is 1.93. The van der Waals surface area contributed by atoms with Crippen LogP contribution in [0.5, 0.6) is 0 Å². The zero-order valence-electron chi connectivity index (χ0n) is 8.41. The van der Waals surface area contributed by atoms with Gasteiger partial charge in [-0.3, -0.25) is 0 Å². The predicted octanol–water partition coefficient (Wildman–Crippen LogP) is 0.113. The van der Waals surface area contributed by atoms with Gasteiger partial charge < -0.3 is 15.4 Å². The molecule has 0 saturated heterocycles. The maximum Gasteiger partial charge on any atom is 0.488 e. The van der Waals surface area contributed by atoms with E-state index in [1.165, 1.54) is 0 Å². The van der Waals surface area contributed by atoms with Gasteiger partial charge in [0.15, 0.2) is 0 Å². The smallest absolute Gasteiger partial charge is 0.423 e. The van der Waals surface area contributed by atoms with Gasteiger partial charge in [0.05, 0.1) is 0 Å². The number of rotatable bonds is 1. The van der Waals surface area contributed by atoms with Crippen LogP contribution in [-0.4, -0.2) is 22.7 Å². The molecule has 0 atom stereocenters. The van der Waals surface area contributed by atoms with Crippen LogP contribution in [0.1, 0.15) is 19.4 Å². The molecule has 0 bridgehead atoms. The van der Waals surface area contributed by atoms with E-state index in [4.69, 9.17) is 10.0 Å². The zero-order chi connectivity index (χ0) is 10.3. The Morgan fingerprint density at radius 1 is 1.36 bits per heavy atom. The summed E-state index contributed by atoms with van der Waals surface area (Å²) < 4.78 is 0. The summed E-state index contributed by atoms with van der Waals surface area (Å²) in [4.78, 5) is 0. The van der Waals surface area contributed by atoms with Gasteiger partial charge in [-0.05, 0) is 37.4 Å². The number of anilines is 1. The second-order valence-electron chi connectivity index (χ2n) is 4.48. The summed E-state index contributed by atoms with van der Waals surface area (Å²) in [5.74, 6) is 0. The molecular weight excluding hydrogens is 177 g/mol. The van der Waals surface area contributed by atoms with E-state index in [0.29, 0.717) is 5.46 Å². The van der Waals surface area contributed by atoms with Crippen molar-refractivity contribution in [3.63, 3.8) is 0 Å². The highest BCUT2D eigenvalue weighted by Crippen LogP contribution is 2.30. The van der Waals surface area contributed by atoms with Crippen molar-refractivity contribution in [1.29, 1.82) is 0 Å². The summed E-state index contributed by atoms with van der Waals surface area (Å²) in [5.41, 5.74) is 2.88. The number of hydrogen-bond donors (Lipinski definition) is 3. The summed E-state index contributed by atoms with van der Waals surface area (Å²) >= 11 is 0. The summed E-state index contributed by atoms with van der Waals surface area (Å²) in [7, 11) is -1.37. The summed E-state index contributed by atoms with van der Waals surface area (Å²) in [6, 6.07) is 5.48. The van der Waals surface area contributed by atoms with E-state index in [1.54, 1.807) is 6.07 Å². The van der Waals surface area contributed by atoms with Crippen molar-refractivity contribution < 1.29 is 10.0 Å². The molecule has 3 N–H and O–H groups in total. The first kappa shape index (κ1) is 9.56. The van der Waals surface area contributed by atoms with E-state index < -0.39 is 7.12 Å². The monoisotopic (exact) mass is 191 g/mol. The molecule has 4 heteroatoms. The van der Waals surface area contributed by atoms with Crippen molar-refractivity contribution in [3.05, 3.63) is 23.8 Å². The highest BCUT2D eigenvalue weighted by molar-refractivity contribution is 6.58. The Kier molecular flexibility index (Phi) is 2.05. The molecule has 0 radical (unpaired) electrons. The first-order valence-electron chi connectivity index (χ1n) is 4.75. The van der Waals surface area contributed by atoms with E-state index in [9.17, 15) is 0 Å². The fourth-order valence-corrected chi connectivity index (χ4v) is 1.93. The first-order chi connectivity index (χ1) is 6.48. The lowest BCUT2D eigenvalue weighted by atomic mass is 9.79. The van der Waals surface area contributed by atoms with Gasteiger partial charge in [-0.15, -0.1) is 0 Å². The molecule has 0 aliphatic carbocycles. The van der Waals surface area contributed by atoms with Crippen LogP contribution in [0.4, 0.5) is 5.69 Å². The topological polar surface area (TPSA) is 52.5 Å². The standard InChI is InChI=1S/C10H14BNO2/c1-10(2)6-7-5-8(11(13)14)3-4-9(7)12-10/h3-5,12-14H,6H2,1-2H3. The Balaban J connectivity index is 2.36. The molecule has 0 spiro atoms. The second kappa shape index (κ2) is 3.00. The number of fused-ring (bicyclic) bond motifs is 1. The van der Waals surface area contributed by atoms with Gasteiger partial charge in [-0.25, -0.2) is 0 Å². The molecule has 0 saturated carbocycles. The first-order valence-corrected chi connectivity index (χ1v) is 4.75. The molecule has 0 fully saturated rings. The number of nitrogens with one attached hydrogen (secondary N) is 1. The molecule has 1 aliphatic rings. The third kappa shape index (κ3) is 1.63. The number of hydrogen-bond acceptors (Lipinski definition) is 3. The lowest BCUT2D eigenvalue weighted by Crippen LogP contribution is -2.29. The molecule has 0 amide bonds. The van der Waals surface area contributed by atoms with Gasteiger partial charge in [0.2, 0.25) is 0 Å². The lowest BCUT2D eigenvalue weighted by Gasteiger charge is -2.17. The highest BCUT2D eigenvalue weighted by atomic mass is 16.4. The third-order valence-electron chi connectivity index (χ3n) is 2.53. The van der Waals surface area contributed by atoms with Crippen LogP contribution < -0.4 is 10.8 Å². The van der Waals surface area contributed by atoms with E-state index in [0.717, 1.165) is 17.7 Å². The van der Waals surface area contributed by atoms with E-state index >= 15 is 0 Å². The van der Waals surface area contributed by atoms with E-state index in [1.807, 2.05) is 12.1 Å². The molecule has 74 valence electrons. The molecule has 1 aliphatic heterocycles. The Hall–Kier alpha value is -0.995. The normalized spacial score (nSPS) is 17.4. The van der Waals surface area contributed by atoms with Gasteiger partial charge in [0, 0.05) is 11.2 Å². The third-order valence-corrected chi connectivity index (χ3v) is 2.53. The van der Waals surface area contributed by atoms with Gasteiger partial charge in [0.1, 0.15) is 0 Å². The van der Waals surface area contributed by atoms with Crippen LogP contribution in [0.3, 0.4) is 0 Å². The molecular formula is C10H14BNO2. The van der Waals surface area contributed by atoms with E-state index in [2.05, 4.69) is 19.2 Å². The van der Waals surface area contributed by atoms with Crippen molar-refractivity contribution in [1.82, 2.24) is 0 Å². The Bertz CT molecular complexity index is 363. The average molecular weight is 191 g/mol. The molecule has 1 aromatic carbocycles. The van der Waals surface area contributed by atoms with Crippen molar-refractivity contribution in [3.8, 4) is 0 Å². The van der Waals surface area contributed by atoms with Gasteiger partial charge in [-0.2, -0.15) is 0 Å². The Morgan fingerprint density at radius 3 is 2.71 bits per heavy atom. The Labute approximate surface area is 83.9 Å². The van der Waals surface area contributed by atoms with Crippen molar-refractivity contribution in [2.45, 2.75) is 25.8 Å². The molecule has 3 nitrogen and oxygen atoms in total. The second-order valence-corrected chi connectivity index (χ2v) is 4.48. The quantitative estimate of drug-likeness (QED) is 0.552. The van der Waals surface area contributed by atoms with E-state index in [-0.39, 0.29) is 5.54 Å². The molecule has 14 heavy (non-hydrogen) atoms. The van der Waals surface area contributed by atoms with Crippen molar-refractivity contribution in [2.24, 2.45) is 0 Å². The van der Waals surface area contributed by atoms with Crippen LogP contribution >= 0.6 is 0 Å². The fraction of sp³-hybridized carbons (Fsp3) is 0.400. The van der Waals surface area contributed by atoms with Crippen LogP contribution in [0, 0.1) is 0 Å². The summed E-state index contributed by atoms with van der Waals surface area (Å²) in [6.07, 6.45) is 0.920. The zero-order valence-corrected chi connectivity index (χ0v) is 8.41. The molecule has 1 aromatic rings. The average Bonchev–Trinajstić information content (AvgIpc) is 2.36. The minimum atomic E-state index is -1.37. The maximum atomic E-state index is 9.02. The molecule has 0 aromatic heterocycles. The van der Waals surface area contributed by atoms with Crippen LogP contribution in [0.15, 0.2) is 18.2 Å². The van der Waals surface area contributed by atoms with Crippen LogP contribution in [0.25, 0.3) is 0 Å². The number of benzene rings is 1. The minimum Gasteiger partial charge on any atom is -0.423 e. The van der Waals surface area contributed by atoms with Gasteiger partial charge in [0.25, 0.3) is 0 Å².